The number of rotatable bonds is 2. The molecule has 0 radical (unpaired) electrons. The molecule has 2 nitrogen and oxygen atoms in total. The molecule has 0 atom stereocenters. The number of hydrogen-bond acceptors (Lipinski definition) is 2. The molecule has 15 heavy (non-hydrogen) atoms. The van der Waals surface area contributed by atoms with Crippen molar-refractivity contribution in [2.45, 2.75) is 38.7 Å². The fourth-order valence-electron chi connectivity index (χ4n) is 1.95. The van der Waals surface area contributed by atoms with E-state index in [9.17, 15) is 0 Å². The van der Waals surface area contributed by atoms with Crippen LogP contribution < -0.4 is 4.74 Å². The van der Waals surface area contributed by atoms with Gasteiger partial charge in [0.05, 0.1) is 0 Å². The zero-order valence-electron chi connectivity index (χ0n) is 8.95. The molecule has 0 aliphatic heterocycles. The lowest BCUT2D eigenvalue weighted by Crippen LogP contribution is -2.23. The molecule has 1 aliphatic carbocycles. The summed E-state index contributed by atoms with van der Waals surface area (Å²) in [4.78, 5) is 4.22. The van der Waals surface area contributed by atoms with E-state index in [2.05, 4.69) is 27.8 Å². The third-order valence-electron chi connectivity index (χ3n) is 2.95. The summed E-state index contributed by atoms with van der Waals surface area (Å²) in [7, 11) is 0. The van der Waals surface area contributed by atoms with E-state index in [1.165, 1.54) is 25.7 Å². The molecule has 1 saturated carbocycles. The van der Waals surface area contributed by atoms with Crippen molar-refractivity contribution in [2.24, 2.45) is 5.92 Å². The van der Waals surface area contributed by atoms with Crippen LogP contribution in [0.15, 0.2) is 22.8 Å². The molecule has 0 amide bonds. The molecule has 1 heterocycles. The van der Waals surface area contributed by atoms with E-state index in [4.69, 9.17) is 4.74 Å². The summed E-state index contributed by atoms with van der Waals surface area (Å²) in [5.41, 5.74) is 0. The van der Waals surface area contributed by atoms with Crippen LogP contribution in [0.3, 0.4) is 0 Å². The molecule has 82 valence electrons. The van der Waals surface area contributed by atoms with Gasteiger partial charge in [0.1, 0.15) is 6.10 Å². The minimum atomic E-state index is 0.370. The number of ether oxygens (including phenoxy) is 1. The summed E-state index contributed by atoms with van der Waals surface area (Å²) >= 11 is 3.36. The van der Waals surface area contributed by atoms with Crippen LogP contribution >= 0.6 is 15.9 Å². The van der Waals surface area contributed by atoms with Crippen molar-refractivity contribution in [3.05, 3.63) is 22.8 Å². The first kappa shape index (κ1) is 10.9. The summed E-state index contributed by atoms with van der Waals surface area (Å²) in [6.45, 7) is 2.31. The predicted octanol–water partition coefficient (Wildman–Crippen LogP) is 3.80. The Bertz CT molecular complexity index is 304. The zero-order chi connectivity index (χ0) is 10.7. The molecule has 1 fully saturated rings. The third-order valence-corrected chi connectivity index (χ3v) is 3.42. The van der Waals surface area contributed by atoms with Crippen LogP contribution in [0.1, 0.15) is 32.6 Å². The number of hydrogen-bond donors (Lipinski definition) is 0. The highest BCUT2D eigenvalue weighted by atomic mass is 79.9. The Labute approximate surface area is 99.2 Å². The third kappa shape index (κ3) is 3.20. The maximum Gasteiger partial charge on any atom is 0.213 e. The summed E-state index contributed by atoms with van der Waals surface area (Å²) < 4.78 is 6.82. The number of pyridine rings is 1. The monoisotopic (exact) mass is 269 g/mol. The molecule has 0 N–H and O–H groups in total. The van der Waals surface area contributed by atoms with E-state index in [1.807, 2.05) is 12.1 Å². The van der Waals surface area contributed by atoms with Gasteiger partial charge < -0.3 is 4.74 Å². The van der Waals surface area contributed by atoms with Crippen LogP contribution in [0.4, 0.5) is 0 Å². The average Bonchev–Trinajstić information content (AvgIpc) is 2.25. The van der Waals surface area contributed by atoms with Gasteiger partial charge in [-0.15, -0.1) is 0 Å². The van der Waals surface area contributed by atoms with Gasteiger partial charge in [-0.3, -0.25) is 0 Å². The molecule has 0 saturated heterocycles. The van der Waals surface area contributed by atoms with Crippen molar-refractivity contribution in [2.75, 3.05) is 0 Å². The lowest BCUT2D eigenvalue weighted by molar-refractivity contribution is 0.130. The van der Waals surface area contributed by atoms with Crippen molar-refractivity contribution < 1.29 is 4.74 Å². The van der Waals surface area contributed by atoms with Gasteiger partial charge in [0.2, 0.25) is 5.88 Å². The Kier molecular flexibility index (Phi) is 3.62. The van der Waals surface area contributed by atoms with E-state index in [0.29, 0.717) is 6.10 Å². The van der Waals surface area contributed by atoms with E-state index >= 15 is 0 Å². The summed E-state index contributed by atoms with van der Waals surface area (Å²) in [6.07, 6.45) is 7.04. The number of nitrogens with zero attached hydrogens (tertiary/aromatic N) is 1. The van der Waals surface area contributed by atoms with Crippen molar-refractivity contribution in [3.8, 4) is 5.88 Å². The molecule has 2 rings (SSSR count). The highest BCUT2D eigenvalue weighted by Crippen LogP contribution is 2.26. The Balaban J connectivity index is 1.89. The maximum atomic E-state index is 5.83. The van der Waals surface area contributed by atoms with Gasteiger partial charge in [0.25, 0.3) is 0 Å². The second-order valence-corrected chi connectivity index (χ2v) is 5.23. The molecule has 0 bridgehead atoms. The smallest absolute Gasteiger partial charge is 0.213 e. The Hall–Kier alpha value is -0.570. The van der Waals surface area contributed by atoms with Gasteiger partial charge in [-0.25, -0.2) is 4.98 Å². The lowest BCUT2D eigenvalue weighted by atomic mass is 9.89. The first-order valence-electron chi connectivity index (χ1n) is 5.52. The fourth-order valence-corrected chi connectivity index (χ4v) is 2.18. The first-order chi connectivity index (χ1) is 7.24. The number of aromatic nitrogens is 1. The SMILES string of the molecule is CC1CCC(Oc2ccc(Br)cn2)CC1. The second kappa shape index (κ2) is 4.97. The highest BCUT2D eigenvalue weighted by molar-refractivity contribution is 9.10. The molecule has 1 aromatic rings. The Morgan fingerprint density at radius 3 is 2.60 bits per heavy atom. The Morgan fingerprint density at radius 2 is 2.00 bits per heavy atom. The van der Waals surface area contributed by atoms with Crippen molar-refractivity contribution in [1.82, 2.24) is 4.98 Å². The van der Waals surface area contributed by atoms with Crippen LogP contribution in [0, 0.1) is 5.92 Å². The molecule has 3 heteroatoms. The van der Waals surface area contributed by atoms with Crippen LogP contribution in [-0.2, 0) is 0 Å². The topological polar surface area (TPSA) is 22.1 Å². The van der Waals surface area contributed by atoms with E-state index in [1.54, 1.807) is 6.20 Å². The van der Waals surface area contributed by atoms with Crippen molar-refractivity contribution in [1.29, 1.82) is 0 Å². The molecule has 0 unspecified atom stereocenters. The summed E-state index contributed by atoms with van der Waals surface area (Å²) in [5.74, 6) is 1.61. The van der Waals surface area contributed by atoms with Crippen LogP contribution in [0.25, 0.3) is 0 Å². The average molecular weight is 270 g/mol. The second-order valence-electron chi connectivity index (χ2n) is 4.31. The molecule has 0 spiro atoms. The molecule has 1 aromatic heterocycles. The molecule has 0 aromatic carbocycles. The molecular formula is C12H16BrNO. The van der Waals surface area contributed by atoms with Crippen molar-refractivity contribution in [3.63, 3.8) is 0 Å². The van der Waals surface area contributed by atoms with E-state index < -0.39 is 0 Å². The first-order valence-corrected chi connectivity index (χ1v) is 6.31. The van der Waals surface area contributed by atoms with Gasteiger partial charge >= 0.3 is 0 Å². The summed E-state index contributed by atoms with van der Waals surface area (Å²) in [5, 5.41) is 0. The maximum absolute atomic E-state index is 5.83. The van der Waals surface area contributed by atoms with Gasteiger partial charge in [-0.05, 0) is 53.6 Å². The molecular weight excluding hydrogens is 254 g/mol. The largest absolute Gasteiger partial charge is 0.474 e. The normalized spacial score (nSPS) is 26.3. The van der Waals surface area contributed by atoms with Gasteiger partial charge in [0.15, 0.2) is 0 Å². The minimum Gasteiger partial charge on any atom is -0.474 e. The van der Waals surface area contributed by atoms with Gasteiger partial charge in [-0.1, -0.05) is 6.92 Å². The fraction of sp³-hybridized carbons (Fsp3) is 0.583. The van der Waals surface area contributed by atoms with E-state index in [0.717, 1.165) is 16.3 Å². The van der Waals surface area contributed by atoms with E-state index in [-0.39, 0.29) is 0 Å². The predicted molar refractivity (Wildman–Crippen MR) is 64.0 cm³/mol. The van der Waals surface area contributed by atoms with Crippen molar-refractivity contribution >= 4 is 15.9 Å². The van der Waals surface area contributed by atoms with Gasteiger partial charge in [0, 0.05) is 16.7 Å². The van der Waals surface area contributed by atoms with Gasteiger partial charge in [-0.2, -0.15) is 0 Å². The summed E-state index contributed by atoms with van der Waals surface area (Å²) in [6, 6.07) is 3.88. The van der Waals surface area contributed by atoms with Crippen LogP contribution in [0.2, 0.25) is 0 Å². The number of halogens is 1. The standard InChI is InChI=1S/C12H16BrNO/c1-9-2-5-11(6-3-9)15-12-7-4-10(13)8-14-12/h4,7-9,11H,2-3,5-6H2,1H3. The van der Waals surface area contributed by atoms with Crippen LogP contribution in [0.5, 0.6) is 5.88 Å². The minimum absolute atomic E-state index is 0.370. The lowest BCUT2D eigenvalue weighted by Gasteiger charge is -2.26. The Morgan fingerprint density at radius 1 is 1.27 bits per heavy atom. The zero-order valence-corrected chi connectivity index (χ0v) is 10.5. The van der Waals surface area contributed by atoms with Crippen LogP contribution in [-0.4, -0.2) is 11.1 Å². The highest BCUT2D eigenvalue weighted by Gasteiger charge is 2.19. The quantitative estimate of drug-likeness (QED) is 0.815. The molecule has 1 aliphatic rings.